The van der Waals surface area contributed by atoms with Gasteiger partial charge in [-0.1, -0.05) is 23.7 Å². The van der Waals surface area contributed by atoms with Crippen molar-refractivity contribution in [1.29, 1.82) is 0 Å². The fourth-order valence-electron chi connectivity index (χ4n) is 1.95. The van der Waals surface area contributed by atoms with E-state index in [9.17, 15) is 4.79 Å². The Bertz CT molecular complexity index is 789. The van der Waals surface area contributed by atoms with Gasteiger partial charge in [0.05, 0.1) is 6.54 Å². The standard InChI is InChI=1S/C13H11ClN4O/c1-9-15-16-12-13(19)17(6-7-18(9)12)8-10-2-4-11(14)5-3-10/h2-7H,8H2,1H3. The minimum Gasteiger partial charge on any atom is -0.306 e. The topological polar surface area (TPSA) is 52.2 Å². The zero-order chi connectivity index (χ0) is 13.4. The Morgan fingerprint density at radius 2 is 1.89 bits per heavy atom. The first kappa shape index (κ1) is 11.9. The summed E-state index contributed by atoms with van der Waals surface area (Å²) in [5.41, 5.74) is 1.19. The second-order valence-corrected chi connectivity index (χ2v) is 4.73. The van der Waals surface area contributed by atoms with E-state index in [1.54, 1.807) is 21.4 Å². The third-order valence-electron chi connectivity index (χ3n) is 2.98. The molecule has 0 unspecified atom stereocenters. The van der Waals surface area contributed by atoms with E-state index in [0.29, 0.717) is 23.0 Å². The summed E-state index contributed by atoms with van der Waals surface area (Å²) in [6, 6.07) is 7.41. The molecule has 96 valence electrons. The molecule has 0 aliphatic carbocycles. The second-order valence-electron chi connectivity index (χ2n) is 4.30. The lowest BCUT2D eigenvalue weighted by molar-refractivity contribution is 0.749. The van der Waals surface area contributed by atoms with Crippen LogP contribution in [0, 0.1) is 6.92 Å². The van der Waals surface area contributed by atoms with E-state index < -0.39 is 0 Å². The molecule has 0 saturated carbocycles. The number of aryl methyl sites for hydroxylation is 1. The molecule has 6 heteroatoms. The molecule has 0 aliphatic heterocycles. The number of hydrogen-bond donors (Lipinski definition) is 0. The molecular formula is C13H11ClN4O. The minimum absolute atomic E-state index is 0.155. The lowest BCUT2D eigenvalue weighted by Crippen LogP contribution is -2.22. The molecule has 0 N–H and O–H groups in total. The van der Waals surface area contributed by atoms with Crippen molar-refractivity contribution >= 4 is 17.2 Å². The highest BCUT2D eigenvalue weighted by atomic mass is 35.5. The van der Waals surface area contributed by atoms with E-state index in [1.807, 2.05) is 31.2 Å². The number of nitrogens with zero attached hydrogens (tertiary/aromatic N) is 4. The van der Waals surface area contributed by atoms with Crippen molar-refractivity contribution in [2.24, 2.45) is 0 Å². The molecule has 2 heterocycles. The summed E-state index contributed by atoms with van der Waals surface area (Å²) in [7, 11) is 0. The highest BCUT2D eigenvalue weighted by Crippen LogP contribution is 2.10. The van der Waals surface area contributed by atoms with Gasteiger partial charge < -0.3 is 4.57 Å². The normalized spacial score (nSPS) is 11.1. The molecule has 0 aliphatic rings. The molecule has 0 radical (unpaired) electrons. The molecule has 19 heavy (non-hydrogen) atoms. The van der Waals surface area contributed by atoms with Gasteiger partial charge >= 0.3 is 0 Å². The van der Waals surface area contributed by atoms with Crippen molar-refractivity contribution in [1.82, 2.24) is 19.2 Å². The van der Waals surface area contributed by atoms with Crippen LogP contribution >= 0.6 is 11.6 Å². The van der Waals surface area contributed by atoms with Crippen molar-refractivity contribution in [3.63, 3.8) is 0 Å². The highest BCUT2D eigenvalue weighted by Gasteiger charge is 2.07. The molecule has 5 nitrogen and oxygen atoms in total. The molecular weight excluding hydrogens is 264 g/mol. The number of fused-ring (bicyclic) bond motifs is 1. The van der Waals surface area contributed by atoms with Gasteiger partial charge in [0.1, 0.15) is 5.82 Å². The predicted octanol–water partition coefficient (Wildman–Crippen LogP) is 1.90. The van der Waals surface area contributed by atoms with E-state index in [1.165, 1.54) is 0 Å². The van der Waals surface area contributed by atoms with E-state index in [2.05, 4.69) is 10.2 Å². The molecule has 0 saturated heterocycles. The Labute approximate surface area is 114 Å². The molecule has 2 aromatic heterocycles. The predicted molar refractivity (Wildman–Crippen MR) is 72.5 cm³/mol. The number of hydrogen-bond acceptors (Lipinski definition) is 3. The second kappa shape index (κ2) is 4.51. The molecule has 3 rings (SSSR count). The first-order valence-electron chi connectivity index (χ1n) is 5.80. The smallest absolute Gasteiger partial charge is 0.296 e. The number of aromatic nitrogens is 4. The van der Waals surface area contributed by atoms with E-state index in [4.69, 9.17) is 11.6 Å². The van der Waals surface area contributed by atoms with Crippen LogP contribution in [0.25, 0.3) is 5.65 Å². The maximum absolute atomic E-state index is 12.2. The largest absolute Gasteiger partial charge is 0.306 e. The van der Waals surface area contributed by atoms with Gasteiger partial charge in [0, 0.05) is 17.4 Å². The maximum atomic E-state index is 12.2. The number of halogens is 1. The molecule has 0 fully saturated rings. The Kier molecular flexibility index (Phi) is 2.83. The van der Waals surface area contributed by atoms with Crippen molar-refractivity contribution in [3.05, 3.63) is 63.4 Å². The highest BCUT2D eigenvalue weighted by molar-refractivity contribution is 6.30. The summed E-state index contributed by atoms with van der Waals surface area (Å²) >= 11 is 5.84. The van der Waals surface area contributed by atoms with Gasteiger partial charge in [-0.15, -0.1) is 10.2 Å². The van der Waals surface area contributed by atoms with Gasteiger partial charge in [-0.2, -0.15) is 0 Å². The van der Waals surface area contributed by atoms with Crippen LogP contribution < -0.4 is 5.56 Å². The molecule has 1 aromatic carbocycles. The van der Waals surface area contributed by atoms with E-state index in [0.717, 1.165) is 5.56 Å². The first-order valence-corrected chi connectivity index (χ1v) is 6.18. The van der Waals surface area contributed by atoms with Gasteiger partial charge in [0.2, 0.25) is 5.65 Å². The van der Waals surface area contributed by atoms with Crippen LogP contribution in [-0.2, 0) is 6.54 Å². The third kappa shape index (κ3) is 2.13. The van der Waals surface area contributed by atoms with Gasteiger partial charge in [-0.05, 0) is 24.6 Å². The van der Waals surface area contributed by atoms with Crippen molar-refractivity contribution in [2.45, 2.75) is 13.5 Å². The Balaban J connectivity index is 2.04. The third-order valence-corrected chi connectivity index (χ3v) is 3.23. The zero-order valence-corrected chi connectivity index (χ0v) is 11.0. The lowest BCUT2D eigenvalue weighted by atomic mass is 10.2. The summed E-state index contributed by atoms with van der Waals surface area (Å²) in [6.07, 6.45) is 3.53. The van der Waals surface area contributed by atoms with Crippen LogP contribution in [0.4, 0.5) is 0 Å². The summed E-state index contributed by atoms with van der Waals surface area (Å²) in [5, 5.41) is 8.47. The van der Waals surface area contributed by atoms with Crippen molar-refractivity contribution < 1.29 is 0 Å². The molecule has 0 spiro atoms. The van der Waals surface area contributed by atoms with Crippen LogP contribution in [0.1, 0.15) is 11.4 Å². The Morgan fingerprint density at radius 3 is 2.63 bits per heavy atom. The van der Waals surface area contributed by atoms with Crippen molar-refractivity contribution in [2.75, 3.05) is 0 Å². The molecule has 3 aromatic rings. The Morgan fingerprint density at radius 1 is 1.16 bits per heavy atom. The van der Waals surface area contributed by atoms with E-state index >= 15 is 0 Å². The minimum atomic E-state index is -0.155. The monoisotopic (exact) mass is 274 g/mol. The van der Waals surface area contributed by atoms with Crippen LogP contribution in [0.15, 0.2) is 41.5 Å². The molecule has 0 atom stereocenters. The zero-order valence-electron chi connectivity index (χ0n) is 10.2. The molecule has 0 bridgehead atoms. The lowest BCUT2D eigenvalue weighted by Gasteiger charge is -2.06. The van der Waals surface area contributed by atoms with E-state index in [-0.39, 0.29) is 5.56 Å². The molecule has 0 amide bonds. The summed E-state index contributed by atoms with van der Waals surface area (Å²) in [4.78, 5) is 12.2. The number of benzene rings is 1. The summed E-state index contributed by atoms with van der Waals surface area (Å²) in [6.45, 7) is 2.29. The SMILES string of the molecule is Cc1nnc2c(=O)n(Cc3ccc(Cl)cc3)ccn12. The summed E-state index contributed by atoms with van der Waals surface area (Å²) < 4.78 is 3.29. The fraction of sp³-hybridized carbons (Fsp3) is 0.154. The van der Waals surface area contributed by atoms with Crippen LogP contribution in [0.3, 0.4) is 0 Å². The average molecular weight is 275 g/mol. The first-order chi connectivity index (χ1) is 9.15. The van der Waals surface area contributed by atoms with Crippen molar-refractivity contribution in [3.8, 4) is 0 Å². The number of rotatable bonds is 2. The quantitative estimate of drug-likeness (QED) is 0.717. The average Bonchev–Trinajstić information content (AvgIpc) is 2.78. The maximum Gasteiger partial charge on any atom is 0.296 e. The van der Waals surface area contributed by atoms with Crippen LogP contribution in [-0.4, -0.2) is 19.2 Å². The summed E-state index contributed by atoms with van der Waals surface area (Å²) in [5.74, 6) is 0.700. The fourth-order valence-corrected chi connectivity index (χ4v) is 2.07. The van der Waals surface area contributed by atoms with Gasteiger partial charge in [0.15, 0.2) is 0 Å². The van der Waals surface area contributed by atoms with Gasteiger partial charge in [0.25, 0.3) is 5.56 Å². The van der Waals surface area contributed by atoms with Crippen LogP contribution in [0.2, 0.25) is 5.02 Å². The van der Waals surface area contributed by atoms with Gasteiger partial charge in [-0.3, -0.25) is 9.20 Å². The van der Waals surface area contributed by atoms with Gasteiger partial charge in [-0.25, -0.2) is 0 Å². The Hall–Kier alpha value is -2.14. The van der Waals surface area contributed by atoms with Crippen LogP contribution in [0.5, 0.6) is 0 Å².